The Morgan fingerprint density at radius 3 is 2.42 bits per heavy atom. The zero-order valence-electron chi connectivity index (χ0n) is 15.8. The lowest BCUT2D eigenvalue weighted by molar-refractivity contribution is 0.0479. The van der Waals surface area contributed by atoms with Gasteiger partial charge in [0.05, 0.1) is 12.2 Å². The molecule has 0 atom stereocenters. The molecule has 1 aromatic rings. The van der Waals surface area contributed by atoms with Gasteiger partial charge in [-0.05, 0) is 67.3 Å². The summed E-state index contributed by atoms with van der Waals surface area (Å²) in [5, 5.41) is 2.98. The molecule has 0 aliphatic heterocycles. The molecule has 0 unspecified atom stereocenters. The first-order chi connectivity index (χ1) is 11.1. The first-order valence-corrected chi connectivity index (χ1v) is 8.76. The average Bonchev–Trinajstić information content (AvgIpc) is 2.75. The fourth-order valence-electron chi connectivity index (χ4n) is 3.08. The number of nitrogens with zero attached hydrogens (tertiary/aromatic N) is 2. The molecule has 0 aromatic carbocycles. The summed E-state index contributed by atoms with van der Waals surface area (Å²) in [7, 11) is 2.11. The molecule has 24 heavy (non-hydrogen) atoms. The quantitative estimate of drug-likeness (QED) is 0.910. The summed E-state index contributed by atoms with van der Waals surface area (Å²) < 4.78 is 11.0. The molecule has 1 aliphatic rings. The van der Waals surface area contributed by atoms with Crippen LogP contribution in [-0.4, -0.2) is 40.7 Å². The van der Waals surface area contributed by atoms with Crippen molar-refractivity contribution in [2.75, 3.05) is 7.05 Å². The van der Waals surface area contributed by atoms with E-state index in [1.165, 1.54) is 0 Å². The van der Waals surface area contributed by atoms with Crippen molar-refractivity contribution in [2.24, 2.45) is 0 Å². The van der Waals surface area contributed by atoms with Crippen molar-refractivity contribution in [2.45, 2.75) is 84.5 Å². The van der Waals surface area contributed by atoms with E-state index in [1.54, 1.807) is 0 Å². The van der Waals surface area contributed by atoms with Crippen LogP contribution in [0.5, 0.6) is 0 Å². The number of oxazole rings is 1. The van der Waals surface area contributed by atoms with Gasteiger partial charge in [-0.25, -0.2) is 9.78 Å². The summed E-state index contributed by atoms with van der Waals surface area (Å²) in [5.41, 5.74) is 0.511. The van der Waals surface area contributed by atoms with Gasteiger partial charge in [-0.2, -0.15) is 0 Å². The Hall–Kier alpha value is -1.56. The second-order valence-electron chi connectivity index (χ2n) is 7.82. The molecular formula is C18H31N3O3. The molecule has 1 heterocycles. The van der Waals surface area contributed by atoms with Crippen LogP contribution in [0.3, 0.4) is 0 Å². The standard InChI is InChI=1S/C18H31N3O3/c1-12-13(2)23-16(19-12)11-21(6)15-9-7-14(8-10-15)20-17(22)24-18(3,4)5/h14-15H,7-11H2,1-6H3,(H,20,22). The minimum absolute atomic E-state index is 0.204. The van der Waals surface area contributed by atoms with Crippen molar-refractivity contribution in [1.29, 1.82) is 0 Å². The van der Waals surface area contributed by atoms with Crippen molar-refractivity contribution in [3.05, 3.63) is 17.3 Å². The van der Waals surface area contributed by atoms with Crippen molar-refractivity contribution in [3.63, 3.8) is 0 Å². The summed E-state index contributed by atoms with van der Waals surface area (Å²) in [5.74, 6) is 1.67. The highest BCUT2D eigenvalue weighted by Gasteiger charge is 2.27. The first-order valence-electron chi connectivity index (χ1n) is 8.76. The van der Waals surface area contributed by atoms with Crippen molar-refractivity contribution in [1.82, 2.24) is 15.2 Å². The van der Waals surface area contributed by atoms with Gasteiger partial charge in [0.25, 0.3) is 0 Å². The van der Waals surface area contributed by atoms with E-state index in [0.717, 1.165) is 49.6 Å². The molecule has 1 N–H and O–H groups in total. The van der Waals surface area contributed by atoms with Gasteiger partial charge in [0.1, 0.15) is 11.4 Å². The Bertz CT molecular complexity index is 535. The maximum absolute atomic E-state index is 11.9. The van der Waals surface area contributed by atoms with Gasteiger partial charge in [0.15, 0.2) is 0 Å². The van der Waals surface area contributed by atoms with Crippen LogP contribution in [0.2, 0.25) is 0 Å². The number of hydrogen-bond donors (Lipinski definition) is 1. The number of aromatic nitrogens is 1. The van der Waals surface area contributed by atoms with Gasteiger partial charge in [-0.3, -0.25) is 4.90 Å². The number of ether oxygens (including phenoxy) is 1. The van der Waals surface area contributed by atoms with E-state index in [1.807, 2.05) is 34.6 Å². The fraction of sp³-hybridized carbons (Fsp3) is 0.778. The van der Waals surface area contributed by atoms with Crippen LogP contribution in [0.15, 0.2) is 4.42 Å². The van der Waals surface area contributed by atoms with Crippen LogP contribution in [0.1, 0.15) is 63.8 Å². The average molecular weight is 337 g/mol. The second-order valence-corrected chi connectivity index (χ2v) is 7.82. The van der Waals surface area contributed by atoms with Crippen molar-refractivity contribution in [3.8, 4) is 0 Å². The fourth-order valence-corrected chi connectivity index (χ4v) is 3.08. The Kier molecular flexibility index (Phi) is 5.91. The summed E-state index contributed by atoms with van der Waals surface area (Å²) >= 11 is 0. The Morgan fingerprint density at radius 1 is 1.29 bits per heavy atom. The smallest absolute Gasteiger partial charge is 0.407 e. The molecule has 0 saturated heterocycles. The highest BCUT2D eigenvalue weighted by atomic mass is 16.6. The number of aryl methyl sites for hydroxylation is 2. The van der Waals surface area contributed by atoms with Crippen LogP contribution in [0.25, 0.3) is 0 Å². The lowest BCUT2D eigenvalue weighted by Gasteiger charge is -2.34. The minimum atomic E-state index is -0.451. The van der Waals surface area contributed by atoms with E-state index in [-0.39, 0.29) is 12.1 Å². The third-order valence-corrected chi connectivity index (χ3v) is 4.50. The maximum atomic E-state index is 11.9. The van der Waals surface area contributed by atoms with E-state index < -0.39 is 5.60 Å². The van der Waals surface area contributed by atoms with Gasteiger partial charge in [-0.1, -0.05) is 0 Å². The predicted molar refractivity (Wildman–Crippen MR) is 92.9 cm³/mol. The number of hydrogen-bond acceptors (Lipinski definition) is 5. The summed E-state index contributed by atoms with van der Waals surface area (Å²) in [6.07, 6.45) is 3.73. The van der Waals surface area contributed by atoms with Gasteiger partial charge >= 0.3 is 6.09 Å². The molecule has 1 saturated carbocycles. The maximum Gasteiger partial charge on any atom is 0.407 e. The van der Waals surface area contributed by atoms with E-state index in [4.69, 9.17) is 9.15 Å². The van der Waals surface area contributed by atoms with Crippen LogP contribution < -0.4 is 5.32 Å². The number of amides is 1. The van der Waals surface area contributed by atoms with E-state index in [0.29, 0.717) is 6.04 Å². The van der Waals surface area contributed by atoms with Crippen molar-refractivity contribution < 1.29 is 13.9 Å². The third kappa shape index (κ3) is 5.51. The van der Waals surface area contributed by atoms with E-state index in [9.17, 15) is 4.79 Å². The molecule has 6 nitrogen and oxygen atoms in total. The molecule has 0 spiro atoms. The van der Waals surface area contributed by atoms with Gasteiger partial charge < -0.3 is 14.5 Å². The normalized spacial score (nSPS) is 21.8. The SMILES string of the molecule is Cc1nc(CN(C)C2CCC(NC(=O)OC(C)(C)C)CC2)oc1C. The molecule has 2 rings (SSSR count). The molecule has 1 aliphatic carbocycles. The zero-order chi connectivity index (χ0) is 17.9. The molecule has 6 heteroatoms. The minimum Gasteiger partial charge on any atom is -0.444 e. The number of carbonyl (C=O) groups excluding carboxylic acids is 1. The second kappa shape index (κ2) is 7.55. The number of carbonyl (C=O) groups is 1. The van der Waals surface area contributed by atoms with Crippen LogP contribution in [0, 0.1) is 13.8 Å². The van der Waals surface area contributed by atoms with Crippen LogP contribution in [0.4, 0.5) is 4.79 Å². The molecule has 136 valence electrons. The summed E-state index contributed by atoms with van der Waals surface area (Å²) in [6, 6.07) is 0.699. The highest BCUT2D eigenvalue weighted by molar-refractivity contribution is 5.68. The molecule has 1 amide bonds. The number of nitrogens with one attached hydrogen (secondary N) is 1. The van der Waals surface area contributed by atoms with Crippen molar-refractivity contribution >= 4 is 6.09 Å². The lowest BCUT2D eigenvalue weighted by Crippen LogP contribution is -2.44. The van der Waals surface area contributed by atoms with Gasteiger partial charge in [-0.15, -0.1) is 0 Å². The zero-order valence-corrected chi connectivity index (χ0v) is 15.8. The number of alkyl carbamates (subject to hydrolysis) is 1. The lowest BCUT2D eigenvalue weighted by atomic mass is 9.90. The van der Waals surface area contributed by atoms with Gasteiger partial charge in [0, 0.05) is 12.1 Å². The molecular weight excluding hydrogens is 306 g/mol. The highest BCUT2D eigenvalue weighted by Crippen LogP contribution is 2.24. The largest absolute Gasteiger partial charge is 0.444 e. The van der Waals surface area contributed by atoms with Crippen LogP contribution >= 0.6 is 0 Å². The van der Waals surface area contributed by atoms with E-state index in [2.05, 4.69) is 22.2 Å². The van der Waals surface area contributed by atoms with E-state index >= 15 is 0 Å². The number of rotatable bonds is 4. The topological polar surface area (TPSA) is 67.6 Å². The molecule has 0 radical (unpaired) electrons. The Balaban J connectivity index is 1.76. The third-order valence-electron chi connectivity index (χ3n) is 4.50. The monoisotopic (exact) mass is 337 g/mol. The molecule has 1 aromatic heterocycles. The summed E-state index contributed by atoms with van der Waals surface area (Å²) in [6.45, 7) is 10.3. The molecule has 1 fully saturated rings. The van der Waals surface area contributed by atoms with Gasteiger partial charge in [0.2, 0.25) is 5.89 Å². The predicted octanol–water partition coefficient (Wildman–Crippen LogP) is 3.56. The molecule has 0 bridgehead atoms. The van der Waals surface area contributed by atoms with Crippen LogP contribution in [-0.2, 0) is 11.3 Å². The Labute approximate surface area is 144 Å². The first kappa shape index (κ1) is 18.8. The summed E-state index contributed by atoms with van der Waals surface area (Å²) in [4.78, 5) is 18.6. The Morgan fingerprint density at radius 2 is 1.92 bits per heavy atom.